The van der Waals surface area contributed by atoms with Crippen LogP contribution in [0.1, 0.15) is 16.3 Å². The van der Waals surface area contributed by atoms with Gasteiger partial charge in [-0.3, -0.25) is 4.40 Å². The van der Waals surface area contributed by atoms with E-state index in [9.17, 15) is 0 Å². The summed E-state index contributed by atoms with van der Waals surface area (Å²) in [5.41, 5.74) is 10.4. The van der Waals surface area contributed by atoms with E-state index >= 15 is 0 Å². The van der Waals surface area contributed by atoms with Crippen LogP contribution in [0, 0.1) is 13.8 Å². The third-order valence-electron chi connectivity index (χ3n) is 3.44. The second-order valence-corrected chi connectivity index (χ2v) is 6.43. The highest BCUT2D eigenvalue weighted by molar-refractivity contribution is 7.17. The van der Waals surface area contributed by atoms with Crippen molar-refractivity contribution in [1.29, 1.82) is 0 Å². The Balaban J connectivity index is 2.28. The van der Waals surface area contributed by atoms with Crippen molar-refractivity contribution in [3.63, 3.8) is 0 Å². The van der Waals surface area contributed by atoms with Gasteiger partial charge in [0, 0.05) is 22.0 Å². The van der Waals surface area contributed by atoms with Crippen LogP contribution in [0.5, 0.6) is 0 Å². The van der Waals surface area contributed by atoms with Gasteiger partial charge in [-0.2, -0.15) is 0 Å². The lowest BCUT2D eigenvalue weighted by Gasteiger charge is -2.06. The van der Waals surface area contributed by atoms with E-state index < -0.39 is 0 Å². The lowest BCUT2D eigenvalue weighted by Crippen LogP contribution is -2.06. The molecule has 3 nitrogen and oxygen atoms in total. The van der Waals surface area contributed by atoms with Crippen molar-refractivity contribution in [2.75, 3.05) is 6.54 Å². The summed E-state index contributed by atoms with van der Waals surface area (Å²) < 4.78 is 2.24. The van der Waals surface area contributed by atoms with E-state index in [1.54, 1.807) is 11.3 Å². The van der Waals surface area contributed by atoms with E-state index in [1.165, 1.54) is 16.3 Å². The maximum absolute atomic E-state index is 5.98. The summed E-state index contributed by atoms with van der Waals surface area (Å²) in [6.07, 6.45) is 0.837. The molecule has 0 aliphatic carbocycles. The fraction of sp³-hybridized carbons (Fsp3) is 0.267. The summed E-state index contributed by atoms with van der Waals surface area (Å²) in [7, 11) is 0. The number of benzene rings is 1. The second kappa shape index (κ2) is 5.20. The van der Waals surface area contributed by atoms with E-state index in [0.29, 0.717) is 6.54 Å². The van der Waals surface area contributed by atoms with Crippen LogP contribution >= 0.6 is 22.9 Å². The molecule has 0 aliphatic rings. The summed E-state index contributed by atoms with van der Waals surface area (Å²) in [6.45, 7) is 4.81. The normalized spacial score (nSPS) is 11.4. The van der Waals surface area contributed by atoms with Crippen LogP contribution in [0.4, 0.5) is 0 Å². The van der Waals surface area contributed by atoms with Crippen molar-refractivity contribution < 1.29 is 0 Å². The van der Waals surface area contributed by atoms with E-state index in [2.05, 4.69) is 28.4 Å². The minimum absolute atomic E-state index is 0.629. The quantitative estimate of drug-likeness (QED) is 0.799. The van der Waals surface area contributed by atoms with Gasteiger partial charge in [-0.05, 0) is 38.1 Å². The zero-order valence-corrected chi connectivity index (χ0v) is 13.1. The second-order valence-electron chi connectivity index (χ2n) is 4.81. The van der Waals surface area contributed by atoms with Gasteiger partial charge >= 0.3 is 0 Å². The van der Waals surface area contributed by atoms with Crippen molar-refractivity contribution >= 4 is 27.9 Å². The van der Waals surface area contributed by atoms with Crippen LogP contribution in [0.25, 0.3) is 16.2 Å². The molecule has 0 atom stereocenters. The van der Waals surface area contributed by atoms with E-state index in [4.69, 9.17) is 17.3 Å². The number of hydrogen-bond donors (Lipinski definition) is 1. The Labute approximate surface area is 127 Å². The third kappa shape index (κ3) is 2.14. The van der Waals surface area contributed by atoms with Gasteiger partial charge in [0.2, 0.25) is 0 Å². The Morgan fingerprint density at radius 1 is 1.25 bits per heavy atom. The first-order valence-corrected chi connectivity index (χ1v) is 7.74. The zero-order chi connectivity index (χ0) is 14.3. The summed E-state index contributed by atoms with van der Waals surface area (Å²) in [6, 6.07) is 7.95. The molecule has 0 spiro atoms. The highest BCUT2D eigenvalue weighted by Gasteiger charge is 2.17. The number of thiazole rings is 1. The summed E-state index contributed by atoms with van der Waals surface area (Å²) >= 11 is 7.70. The zero-order valence-electron chi connectivity index (χ0n) is 11.5. The fourth-order valence-corrected chi connectivity index (χ4v) is 3.73. The molecule has 0 saturated carbocycles. The van der Waals surface area contributed by atoms with Crippen LogP contribution in [-0.4, -0.2) is 15.9 Å². The number of nitrogens with two attached hydrogens (primary N) is 1. The predicted molar refractivity (Wildman–Crippen MR) is 85.7 cm³/mol. The number of nitrogens with zero attached hydrogens (tertiary/aromatic N) is 2. The summed E-state index contributed by atoms with van der Waals surface area (Å²) in [4.78, 5) is 6.95. The maximum atomic E-state index is 5.98. The lowest BCUT2D eigenvalue weighted by molar-refractivity contribution is 0.898. The van der Waals surface area contributed by atoms with Gasteiger partial charge in [0.1, 0.15) is 0 Å². The number of aryl methyl sites for hydroxylation is 2. The molecular formula is C15H16ClN3S. The molecule has 0 saturated heterocycles. The molecule has 0 bridgehead atoms. The van der Waals surface area contributed by atoms with Crippen molar-refractivity contribution in [3.05, 3.63) is 45.6 Å². The number of fused-ring (bicyclic) bond motifs is 1. The van der Waals surface area contributed by atoms with Crippen molar-refractivity contribution in [3.8, 4) is 11.3 Å². The molecular weight excluding hydrogens is 290 g/mol. The first kappa shape index (κ1) is 13.6. The summed E-state index contributed by atoms with van der Waals surface area (Å²) in [5.74, 6) is 0. The largest absolute Gasteiger partial charge is 0.330 e. The van der Waals surface area contributed by atoms with E-state index in [0.717, 1.165) is 27.7 Å². The SMILES string of the molecule is Cc1nc2sc(C)c(-c3ccc(Cl)cc3)n2c1CCN. The van der Waals surface area contributed by atoms with Crippen LogP contribution < -0.4 is 5.73 Å². The van der Waals surface area contributed by atoms with Gasteiger partial charge in [0.15, 0.2) is 4.96 Å². The first-order valence-electron chi connectivity index (χ1n) is 6.55. The molecule has 0 radical (unpaired) electrons. The molecule has 3 rings (SSSR count). The Morgan fingerprint density at radius 2 is 1.95 bits per heavy atom. The smallest absolute Gasteiger partial charge is 0.194 e. The predicted octanol–water partition coefficient (Wildman–Crippen LogP) is 3.83. The van der Waals surface area contributed by atoms with Crippen molar-refractivity contribution in [2.24, 2.45) is 5.73 Å². The molecule has 0 fully saturated rings. The Bertz CT molecular complexity index is 756. The third-order valence-corrected chi connectivity index (χ3v) is 4.65. The molecule has 1 aromatic carbocycles. The highest BCUT2D eigenvalue weighted by Crippen LogP contribution is 2.33. The monoisotopic (exact) mass is 305 g/mol. The van der Waals surface area contributed by atoms with Gasteiger partial charge in [-0.15, -0.1) is 11.3 Å². The average molecular weight is 306 g/mol. The standard InChI is InChI=1S/C15H16ClN3S/c1-9-13(7-8-17)19-14(10(2)20-15(19)18-9)11-3-5-12(16)6-4-11/h3-6H,7-8,17H2,1-2H3. The minimum Gasteiger partial charge on any atom is -0.330 e. The van der Waals surface area contributed by atoms with Crippen molar-refractivity contribution in [2.45, 2.75) is 20.3 Å². The molecule has 0 amide bonds. The Morgan fingerprint density at radius 3 is 2.60 bits per heavy atom. The van der Waals surface area contributed by atoms with Gasteiger partial charge in [0.05, 0.1) is 11.4 Å². The first-order chi connectivity index (χ1) is 9.61. The number of imidazole rings is 1. The Hall–Kier alpha value is -1.36. The van der Waals surface area contributed by atoms with E-state index in [1.807, 2.05) is 19.1 Å². The van der Waals surface area contributed by atoms with Gasteiger partial charge in [-0.25, -0.2) is 4.98 Å². The van der Waals surface area contributed by atoms with Crippen molar-refractivity contribution in [1.82, 2.24) is 9.38 Å². The Kier molecular flexibility index (Phi) is 3.54. The van der Waals surface area contributed by atoms with E-state index in [-0.39, 0.29) is 0 Å². The molecule has 5 heteroatoms. The highest BCUT2D eigenvalue weighted by atomic mass is 35.5. The minimum atomic E-state index is 0.629. The molecule has 2 heterocycles. The van der Waals surface area contributed by atoms with Crippen LogP contribution in [-0.2, 0) is 6.42 Å². The number of rotatable bonds is 3. The average Bonchev–Trinajstić information content (AvgIpc) is 2.87. The molecule has 104 valence electrons. The van der Waals surface area contributed by atoms with Crippen LogP contribution in [0.15, 0.2) is 24.3 Å². The molecule has 3 aromatic rings. The van der Waals surface area contributed by atoms with Gasteiger partial charge in [-0.1, -0.05) is 23.7 Å². The fourth-order valence-electron chi connectivity index (χ4n) is 2.55. The molecule has 20 heavy (non-hydrogen) atoms. The summed E-state index contributed by atoms with van der Waals surface area (Å²) in [5, 5.41) is 0.752. The molecule has 0 aliphatic heterocycles. The molecule has 0 unspecified atom stereocenters. The molecule has 2 aromatic heterocycles. The van der Waals surface area contributed by atoms with Gasteiger partial charge in [0.25, 0.3) is 0 Å². The lowest BCUT2D eigenvalue weighted by atomic mass is 10.1. The number of hydrogen-bond acceptors (Lipinski definition) is 3. The number of aromatic nitrogens is 2. The van der Waals surface area contributed by atoms with Crippen LogP contribution in [0.2, 0.25) is 5.02 Å². The maximum Gasteiger partial charge on any atom is 0.194 e. The topological polar surface area (TPSA) is 43.3 Å². The number of halogens is 1. The molecule has 2 N–H and O–H groups in total. The van der Waals surface area contributed by atoms with Gasteiger partial charge < -0.3 is 5.73 Å². The van der Waals surface area contributed by atoms with Crippen LogP contribution in [0.3, 0.4) is 0 Å².